The van der Waals surface area contributed by atoms with Gasteiger partial charge < -0.3 is 10.6 Å². The van der Waals surface area contributed by atoms with E-state index in [4.69, 9.17) is 5.73 Å². The van der Waals surface area contributed by atoms with Crippen molar-refractivity contribution in [2.75, 3.05) is 13.1 Å². The fraction of sp³-hybridized carbons (Fsp3) is 0.650. The number of amides is 1. The molecular formula is C20H32N2O. The lowest BCUT2D eigenvalue weighted by Gasteiger charge is -2.36. The van der Waals surface area contributed by atoms with Crippen molar-refractivity contribution >= 4 is 5.91 Å². The largest absolute Gasteiger partial charge is 0.336 e. The molecule has 3 heteroatoms. The molecule has 1 aromatic carbocycles. The summed E-state index contributed by atoms with van der Waals surface area (Å²) < 4.78 is 0. The van der Waals surface area contributed by atoms with Gasteiger partial charge in [-0.1, -0.05) is 49.6 Å². The monoisotopic (exact) mass is 316 g/mol. The van der Waals surface area contributed by atoms with Gasteiger partial charge in [0.25, 0.3) is 0 Å². The molecule has 23 heavy (non-hydrogen) atoms. The van der Waals surface area contributed by atoms with Crippen molar-refractivity contribution < 1.29 is 4.79 Å². The number of carbonyl (C=O) groups excluding carboxylic acids is 1. The SMILES string of the molecule is CC(c1ccccc1)N(CC1CCC1)C(=O)CCCCCCN. The van der Waals surface area contributed by atoms with Gasteiger partial charge in [0.15, 0.2) is 0 Å². The van der Waals surface area contributed by atoms with Crippen molar-refractivity contribution in [3.63, 3.8) is 0 Å². The highest BCUT2D eigenvalue weighted by Crippen LogP contribution is 2.31. The van der Waals surface area contributed by atoms with Gasteiger partial charge in [-0.2, -0.15) is 0 Å². The molecule has 0 aliphatic heterocycles. The van der Waals surface area contributed by atoms with Crippen LogP contribution in [0.3, 0.4) is 0 Å². The van der Waals surface area contributed by atoms with E-state index in [9.17, 15) is 4.79 Å². The Labute approximate surface area is 141 Å². The van der Waals surface area contributed by atoms with Crippen LogP contribution in [0.15, 0.2) is 30.3 Å². The summed E-state index contributed by atoms with van der Waals surface area (Å²) in [6.07, 6.45) is 8.87. The molecule has 1 aliphatic rings. The highest BCUT2D eigenvalue weighted by Gasteiger charge is 2.27. The number of rotatable bonds is 10. The number of carbonyl (C=O) groups is 1. The molecule has 2 rings (SSSR count). The molecule has 0 heterocycles. The fourth-order valence-electron chi connectivity index (χ4n) is 3.26. The molecule has 3 nitrogen and oxygen atoms in total. The van der Waals surface area contributed by atoms with Crippen LogP contribution in [0.5, 0.6) is 0 Å². The first-order chi connectivity index (χ1) is 11.2. The summed E-state index contributed by atoms with van der Waals surface area (Å²) in [5.41, 5.74) is 6.76. The zero-order valence-corrected chi connectivity index (χ0v) is 14.5. The predicted molar refractivity (Wildman–Crippen MR) is 96.1 cm³/mol. The van der Waals surface area contributed by atoms with Gasteiger partial charge in [0.2, 0.25) is 5.91 Å². The van der Waals surface area contributed by atoms with Gasteiger partial charge in [-0.25, -0.2) is 0 Å². The summed E-state index contributed by atoms with van der Waals surface area (Å²) in [5.74, 6) is 1.03. The van der Waals surface area contributed by atoms with Crippen LogP contribution in [0.2, 0.25) is 0 Å². The van der Waals surface area contributed by atoms with Crippen molar-refractivity contribution in [2.45, 2.75) is 64.3 Å². The molecule has 1 unspecified atom stereocenters. The van der Waals surface area contributed by atoms with Crippen LogP contribution in [0, 0.1) is 5.92 Å². The second kappa shape index (κ2) is 9.71. The third-order valence-electron chi connectivity index (χ3n) is 5.09. The smallest absolute Gasteiger partial charge is 0.223 e. The Balaban J connectivity index is 1.91. The minimum Gasteiger partial charge on any atom is -0.336 e. The van der Waals surface area contributed by atoms with E-state index in [0.29, 0.717) is 18.2 Å². The lowest BCUT2D eigenvalue weighted by molar-refractivity contribution is -0.134. The van der Waals surface area contributed by atoms with Crippen molar-refractivity contribution in [1.82, 2.24) is 4.90 Å². The van der Waals surface area contributed by atoms with Crippen LogP contribution >= 0.6 is 0 Å². The first-order valence-electron chi connectivity index (χ1n) is 9.27. The summed E-state index contributed by atoms with van der Waals surface area (Å²) in [5, 5.41) is 0. The van der Waals surface area contributed by atoms with E-state index in [0.717, 1.165) is 38.8 Å². The van der Waals surface area contributed by atoms with Crippen LogP contribution in [-0.2, 0) is 4.79 Å². The summed E-state index contributed by atoms with van der Waals surface area (Å²) in [4.78, 5) is 14.9. The van der Waals surface area contributed by atoms with Crippen LogP contribution in [0.4, 0.5) is 0 Å². The van der Waals surface area contributed by atoms with Gasteiger partial charge in [-0.05, 0) is 50.6 Å². The van der Waals surface area contributed by atoms with E-state index in [2.05, 4.69) is 36.1 Å². The maximum atomic E-state index is 12.8. The van der Waals surface area contributed by atoms with Crippen LogP contribution < -0.4 is 5.73 Å². The maximum absolute atomic E-state index is 12.8. The van der Waals surface area contributed by atoms with E-state index < -0.39 is 0 Å². The van der Waals surface area contributed by atoms with Gasteiger partial charge in [-0.3, -0.25) is 4.79 Å². The average Bonchev–Trinajstić information content (AvgIpc) is 2.54. The van der Waals surface area contributed by atoms with E-state index in [-0.39, 0.29) is 6.04 Å². The molecule has 1 fully saturated rings. The summed E-state index contributed by atoms with van der Waals surface area (Å²) in [6, 6.07) is 10.6. The summed E-state index contributed by atoms with van der Waals surface area (Å²) in [6.45, 7) is 3.85. The third kappa shape index (κ3) is 5.65. The third-order valence-corrected chi connectivity index (χ3v) is 5.09. The van der Waals surface area contributed by atoms with Crippen LogP contribution in [0.1, 0.15) is 69.9 Å². The topological polar surface area (TPSA) is 46.3 Å². The second-order valence-corrected chi connectivity index (χ2v) is 6.88. The molecule has 0 radical (unpaired) electrons. The van der Waals surface area contributed by atoms with Crippen molar-refractivity contribution in [3.05, 3.63) is 35.9 Å². The zero-order chi connectivity index (χ0) is 16.5. The van der Waals surface area contributed by atoms with Gasteiger partial charge in [-0.15, -0.1) is 0 Å². The van der Waals surface area contributed by atoms with E-state index in [1.807, 2.05) is 6.07 Å². The Morgan fingerprint density at radius 1 is 1.17 bits per heavy atom. The number of nitrogens with two attached hydrogens (primary N) is 1. The summed E-state index contributed by atoms with van der Waals surface area (Å²) in [7, 11) is 0. The van der Waals surface area contributed by atoms with Crippen LogP contribution in [0.25, 0.3) is 0 Å². The Morgan fingerprint density at radius 3 is 2.48 bits per heavy atom. The Morgan fingerprint density at radius 2 is 1.87 bits per heavy atom. The molecule has 1 saturated carbocycles. The minimum atomic E-state index is 0.174. The Bertz CT molecular complexity index is 456. The van der Waals surface area contributed by atoms with E-state index in [1.54, 1.807) is 0 Å². The first kappa shape index (κ1) is 18.0. The number of hydrogen-bond donors (Lipinski definition) is 1. The number of benzene rings is 1. The van der Waals surface area contributed by atoms with Gasteiger partial charge in [0.1, 0.15) is 0 Å². The molecular weight excluding hydrogens is 284 g/mol. The highest BCUT2D eigenvalue weighted by atomic mass is 16.2. The average molecular weight is 316 g/mol. The molecule has 1 amide bonds. The lowest BCUT2D eigenvalue weighted by Crippen LogP contribution is -2.39. The maximum Gasteiger partial charge on any atom is 0.223 e. The molecule has 1 atom stereocenters. The standard InChI is InChI=1S/C20H32N2O/c1-17(19-12-5-4-6-13-19)22(16-18-10-9-11-18)20(23)14-7-2-3-8-15-21/h4-6,12-13,17-18H,2-3,7-11,14-16,21H2,1H3. The molecule has 128 valence electrons. The van der Waals surface area contributed by atoms with Gasteiger partial charge in [0.05, 0.1) is 6.04 Å². The highest BCUT2D eigenvalue weighted by molar-refractivity contribution is 5.76. The van der Waals surface area contributed by atoms with Gasteiger partial charge in [0, 0.05) is 13.0 Å². The van der Waals surface area contributed by atoms with Crippen molar-refractivity contribution in [1.29, 1.82) is 0 Å². The zero-order valence-electron chi connectivity index (χ0n) is 14.5. The fourth-order valence-corrected chi connectivity index (χ4v) is 3.26. The Hall–Kier alpha value is -1.35. The molecule has 0 aromatic heterocycles. The van der Waals surface area contributed by atoms with Gasteiger partial charge >= 0.3 is 0 Å². The van der Waals surface area contributed by atoms with E-state index >= 15 is 0 Å². The van der Waals surface area contributed by atoms with Crippen molar-refractivity contribution in [2.24, 2.45) is 11.7 Å². The number of nitrogens with zero attached hydrogens (tertiary/aromatic N) is 1. The first-order valence-corrected chi connectivity index (χ1v) is 9.27. The molecule has 1 aliphatic carbocycles. The molecule has 2 N–H and O–H groups in total. The second-order valence-electron chi connectivity index (χ2n) is 6.88. The minimum absolute atomic E-state index is 0.174. The lowest BCUT2D eigenvalue weighted by atomic mass is 9.84. The molecule has 0 bridgehead atoms. The van der Waals surface area contributed by atoms with Crippen molar-refractivity contribution in [3.8, 4) is 0 Å². The molecule has 0 saturated heterocycles. The van der Waals surface area contributed by atoms with E-state index in [1.165, 1.54) is 24.8 Å². The number of unbranched alkanes of at least 4 members (excludes halogenated alkanes) is 3. The molecule has 0 spiro atoms. The quantitative estimate of drug-likeness (QED) is 0.655. The van der Waals surface area contributed by atoms with Crippen LogP contribution in [-0.4, -0.2) is 23.9 Å². The molecule has 1 aromatic rings. The number of hydrogen-bond acceptors (Lipinski definition) is 2. The predicted octanol–water partition coefficient (Wildman–Crippen LogP) is 4.29. The normalized spacial score (nSPS) is 15.9. The summed E-state index contributed by atoms with van der Waals surface area (Å²) >= 11 is 0. The Kier molecular flexibility index (Phi) is 7.60.